The van der Waals surface area contributed by atoms with Crippen molar-refractivity contribution in [3.05, 3.63) is 24.0 Å². The lowest BCUT2D eigenvalue weighted by atomic mass is 9.92. The van der Waals surface area contributed by atoms with Crippen LogP contribution in [0.3, 0.4) is 0 Å². The third-order valence-electron chi connectivity index (χ3n) is 3.53. The third kappa shape index (κ3) is 1.69. The molecule has 0 spiro atoms. The molecule has 0 aliphatic heterocycles. The molecule has 0 saturated heterocycles. The van der Waals surface area contributed by atoms with Gasteiger partial charge >= 0.3 is 0 Å². The Hall–Kier alpha value is -1.22. The van der Waals surface area contributed by atoms with Gasteiger partial charge in [0.1, 0.15) is 11.6 Å². The Morgan fingerprint density at radius 1 is 1.47 bits per heavy atom. The molecular weight excluding hydrogens is 236 g/mol. The quantitative estimate of drug-likeness (QED) is 0.780. The van der Waals surface area contributed by atoms with Crippen LogP contribution in [0.1, 0.15) is 31.1 Å². The average molecular weight is 251 g/mol. The normalized spacial score (nSPS) is 16.1. The van der Waals surface area contributed by atoms with Crippen LogP contribution in [0.5, 0.6) is 5.75 Å². The summed E-state index contributed by atoms with van der Waals surface area (Å²) in [7, 11) is 1.67. The molecule has 1 aromatic carbocycles. The van der Waals surface area contributed by atoms with Crippen molar-refractivity contribution in [3.63, 3.8) is 0 Å². The number of benzene rings is 1. The molecule has 17 heavy (non-hydrogen) atoms. The van der Waals surface area contributed by atoms with Crippen molar-refractivity contribution in [2.45, 2.75) is 31.2 Å². The fourth-order valence-electron chi connectivity index (χ4n) is 2.40. The second-order valence-corrected chi connectivity index (χ2v) is 4.74. The minimum absolute atomic E-state index is 0.466. The van der Waals surface area contributed by atoms with Gasteiger partial charge in [-0.15, -0.1) is 11.6 Å². The van der Waals surface area contributed by atoms with E-state index in [9.17, 15) is 0 Å². The molecule has 0 N–H and O–H groups in total. The zero-order valence-electron chi connectivity index (χ0n) is 9.82. The standard InChI is InChI=1S/C13H15ClN2O/c1-17-10-5-6-12-11(7-10)15-13(8-14)16(12)9-3-2-4-9/h5-7,9H,2-4,8H2,1H3. The monoisotopic (exact) mass is 250 g/mol. The number of methoxy groups -OCH3 is 1. The first-order chi connectivity index (χ1) is 8.33. The molecule has 90 valence electrons. The maximum absolute atomic E-state index is 5.99. The van der Waals surface area contributed by atoms with E-state index in [4.69, 9.17) is 16.3 Å². The number of hydrogen-bond donors (Lipinski definition) is 0. The zero-order valence-corrected chi connectivity index (χ0v) is 10.6. The maximum atomic E-state index is 5.99. The van der Waals surface area contributed by atoms with Gasteiger partial charge in [-0.05, 0) is 31.4 Å². The fourth-order valence-corrected chi connectivity index (χ4v) is 2.59. The molecule has 1 aromatic heterocycles. The topological polar surface area (TPSA) is 27.1 Å². The number of fused-ring (bicyclic) bond motifs is 1. The molecule has 0 radical (unpaired) electrons. The number of ether oxygens (including phenoxy) is 1. The van der Waals surface area contributed by atoms with Crippen molar-refractivity contribution >= 4 is 22.6 Å². The lowest BCUT2D eigenvalue weighted by Gasteiger charge is -2.28. The smallest absolute Gasteiger partial charge is 0.125 e. The number of nitrogens with zero attached hydrogens (tertiary/aromatic N) is 2. The highest BCUT2D eigenvalue weighted by molar-refractivity contribution is 6.16. The Kier molecular flexibility index (Phi) is 2.71. The average Bonchev–Trinajstić information content (AvgIpc) is 2.65. The number of hydrogen-bond acceptors (Lipinski definition) is 2. The van der Waals surface area contributed by atoms with Gasteiger partial charge in [-0.2, -0.15) is 0 Å². The summed E-state index contributed by atoms with van der Waals surface area (Å²) in [5, 5.41) is 0. The van der Waals surface area contributed by atoms with E-state index in [0.717, 1.165) is 17.1 Å². The number of aromatic nitrogens is 2. The van der Waals surface area contributed by atoms with Crippen molar-refractivity contribution in [2.75, 3.05) is 7.11 Å². The minimum Gasteiger partial charge on any atom is -0.497 e. The number of imidazole rings is 1. The summed E-state index contributed by atoms with van der Waals surface area (Å²) in [6.07, 6.45) is 3.78. The summed E-state index contributed by atoms with van der Waals surface area (Å²) in [6, 6.07) is 6.62. The van der Waals surface area contributed by atoms with Crippen molar-refractivity contribution < 1.29 is 4.74 Å². The van der Waals surface area contributed by atoms with Crippen LogP contribution in [-0.2, 0) is 5.88 Å². The largest absolute Gasteiger partial charge is 0.497 e. The zero-order chi connectivity index (χ0) is 11.8. The second kappa shape index (κ2) is 4.22. The van der Waals surface area contributed by atoms with E-state index in [1.54, 1.807) is 7.11 Å². The molecule has 1 aliphatic carbocycles. The van der Waals surface area contributed by atoms with Crippen LogP contribution in [0, 0.1) is 0 Å². The summed E-state index contributed by atoms with van der Waals surface area (Å²) in [5.74, 6) is 2.28. The Labute approximate surface area is 105 Å². The van der Waals surface area contributed by atoms with Crippen LogP contribution in [-0.4, -0.2) is 16.7 Å². The van der Waals surface area contributed by atoms with Crippen LogP contribution < -0.4 is 4.74 Å². The van der Waals surface area contributed by atoms with E-state index in [2.05, 4.69) is 15.6 Å². The van der Waals surface area contributed by atoms with E-state index in [0.29, 0.717) is 11.9 Å². The first kappa shape index (κ1) is 10.9. The molecule has 0 atom stereocenters. The van der Waals surface area contributed by atoms with Crippen molar-refractivity contribution in [1.82, 2.24) is 9.55 Å². The predicted octanol–water partition coefficient (Wildman–Crippen LogP) is 3.51. The van der Waals surface area contributed by atoms with Gasteiger partial charge in [0.2, 0.25) is 0 Å². The van der Waals surface area contributed by atoms with E-state index < -0.39 is 0 Å². The van der Waals surface area contributed by atoms with Gasteiger partial charge in [-0.1, -0.05) is 0 Å². The van der Waals surface area contributed by atoms with E-state index >= 15 is 0 Å². The van der Waals surface area contributed by atoms with Crippen molar-refractivity contribution in [3.8, 4) is 5.75 Å². The van der Waals surface area contributed by atoms with Crippen LogP contribution in [0.4, 0.5) is 0 Å². The van der Waals surface area contributed by atoms with Gasteiger partial charge in [0.25, 0.3) is 0 Å². The predicted molar refractivity (Wildman–Crippen MR) is 68.7 cm³/mol. The third-order valence-corrected chi connectivity index (χ3v) is 3.77. The molecular formula is C13H15ClN2O. The Bertz CT molecular complexity index is 546. The first-order valence-electron chi connectivity index (χ1n) is 5.94. The molecule has 1 saturated carbocycles. The van der Waals surface area contributed by atoms with Crippen LogP contribution in [0.15, 0.2) is 18.2 Å². The Morgan fingerprint density at radius 3 is 2.88 bits per heavy atom. The summed E-state index contributed by atoms with van der Waals surface area (Å²) >= 11 is 5.99. The summed E-state index contributed by atoms with van der Waals surface area (Å²) < 4.78 is 7.52. The lowest BCUT2D eigenvalue weighted by molar-refractivity contribution is 0.315. The number of halogens is 1. The van der Waals surface area contributed by atoms with Crippen molar-refractivity contribution in [1.29, 1.82) is 0 Å². The molecule has 1 aliphatic rings. The molecule has 4 heteroatoms. The summed E-state index contributed by atoms with van der Waals surface area (Å²) in [6.45, 7) is 0. The SMILES string of the molecule is COc1ccc2c(c1)nc(CCl)n2C1CCC1. The van der Waals surface area contributed by atoms with Crippen molar-refractivity contribution in [2.24, 2.45) is 0 Å². The first-order valence-corrected chi connectivity index (χ1v) is 6.47. The molecule has 2 aromatic rings. The van der Waals surface area contributed by atoms with E-state index in [1.807, 2.05) is 12.1 Å². The molecule has 0 bridgehead atoms. The van der Waals surface area contributed by atoms with Gasteiger partial charge < -0.3 is 9.30 Å². The Balaban J connectivity index is 2.16. The highest BCUT2D eigenvalue weighted by Gasteiger charge is 2.24. The molecule has 3 rings (SSSR count). The van der Waals surface area contributed by atoms with Gasteiger partial charge in [-0.25, -0.2) is 4.98 Å². The summed E-state index contributed by atoms with van der Waals surface area (Å²) in [4.78, 5) is 4.59. The van der Waals surface area contributed by atoms with Gasteiger partial charge in [0.15, 0.2) is 0 Å². The fraction of sp³-hybridized carbons (Fsp3) is 0.462. The summed E-state index contributed by atoms with van der Waals surface area (Å²) in [5.41, 5.74) is 2.15. The molecule has 1 heterocycles. The lowest BCUT2D eigenvalue weighted by Crippen LogP contribution is -2.18. The molecule has 0 unspecified atom stereocenters. The van der Waals surface area contributed by atoms with Gasteiger partial charge in [0.05, 0.1) is 24.0 Å². The van der Waals surface area contributed by atoms with Crippen LogP contribution in [0.2, 0.25) is 0 Å². The Morgan fingerprint density at radius 2 is 2.29 bits per heavy atom. The van der Waals surface area contributed by atoms with Gasteiger partial charge in [0, 0.05) is 12.1 Å². The highest BCUT2D eigenvalue weighted by Crippen LogP contribution is 2.36. The minimum atomic E-state index is 0.466. The molecule has 3 nitrogen and oxygen atoms in total. The second-order valence-electron chi connectivity index (χ2n) is 4.47. The number of alkyl halides is 1. The van der Waals surface area contributed by atoms with Crippen LogP contribution >= 0.6 is 11.6 Å². The highest BCUT2D eigenvalue weighted by atomic mass is 35.5. The van der Waals surface area contributed by atoms with E-state index in [1.165, 1.54) is 24.8 Å². The van der Waals surface area contributed by atoms with Gasteiger partial charge in [-0.3, -0.25) is 0 Å². The molecule has 0 amide bonds. The van der Waals surface area contributed by atoms with Crippen LogP contribution in [0.25, 0.3) is 11.0 Å². The number of rotatable bonds is 3. The molecule has 1 fully saturated rings. The van der Waals surface area contributed by atoms with E-state index in [-0.39, 0.29) is 0 Å². The maximum Gasteiger partial charge on any atom is 0.125 e.